The van der Waals surface area contributed by atoms with E-state index < -0.39 is 40.8 Å². The Morgan fingerprint density at radius 3 is 2.11 bits per heavy atom. The number of hydrogen-bond donors (Lipinski definition) is 2. The van der Waals surface area contributed by atoms with E-state index in [2.05, 4.69) is 15.9 Å². The van der Waals surface area contributed by atoms with Crippen molar-refractivity contribution in [3.05, 3.63) is 33.3 Å². The quantitative estimate of drug-likeness (QED) is 0.655. The van der Waals surface area contributed by atoms with Crippen molar-refractivity contribution >= 4 is 33.7 Å². The minimum absolute atomic E-state index is 0.00704. The molecule has 18 heavy (non-hydrogen) atoms. The smallest absolute Gasteiger partial charge is 0.377 e. The topological polar surface area (TPSA) is 91.7 Å². The minimum atomic E-state index is -3.14. The summed E-state index contributed by atoms with van der Waals surface area (Å²) in [5, 5.41) is 17.3. The van der Waals surface area contributed by atoms with E-state index in [1.165, 1.54) is 0 Å². The van der Waals surface area contributed by atoms with Gasteiger partial charge in [-0.05, 0) is 12.1 Å². The molecule has 5 nitrogen and oxygen atoms in total. The molecule has 0 saturated carbocycles. The van der Waals surface area contributed by atoms with Gasteiger partial charge in [-0.1, -0.05) is 15.9 Å². The number of alkyl halides is 2. The number of aliphatic carboxylic acids is 1. The first-order valence-corrected chi connectivity index (χ1v) is 5.17. The van der Waals surface area contributed by atoms with Gasteiger partial charge in [-0.15, -0.1) is 0 Å². The molecule has 96 valence electrons. The third-order valence-electron chi connectivity index (χ3n) is 2.02. The van der Waals surface area contributed by atoms with Crippen LogP contribution >= 0.6 is 15.9 Å². The molecule has 0 heterocycles. The minimum Gasteiger partial charge on any atom is -0.478 e. The summed E-state index contributed by atoms with van der Waals surface area (Å²) in [4.78, 5) is 32.7. The van der Waals surface area contributed by atoms with Gasteiger partial charge in [0.05, 0.1) is 5.56 Å². The number of halogens is 3. The van der Waals surface area contributed by atoms with Crippen molar-refractivity contribution in [3.8, 4) is 0 Å². The van der Waals surface area contributed by atoms with E-state index in [4.69, 9.17) is 10.2 Å². The maximum Gasteiger partial charge on any atom is 0.377 e. The summed E-state index contributed by atoms with van der Waals surface area (Å²) >= 11 is 2.81. The second-order valence-corrected chi connectivity index (χ2v) is 4.07. The Morgan fingerprint density at radius 2 is 1.72 bits per heavy atom. The van der Waals surface area contributed by atoms with E-state index in [1.54, 1.807) is 0 Å². The number of aromatic carboxylic acids is 1. The highest BCUT2D eigenvalue weighted by atomic mass is 79.9. The molecular formula is C10H5BrF2O5. The van der Waals surface area contributed by atoms with Crippen LogP contribution < -0.4 is 0 Å². The van der Waals surface area contributed by atoms with Gasteiger partial charge in [-0.2, -0.15) is 0 Å². The van der Waals surface area contributed by atoms with Crippen molar-refractivity contribution in [3.63, 3.8) is 0 Å². The van der Waals surface area contributed by atoms with Gasteiger partial charge in [0.25, 0.3) is 12.2 Å². The van der Waals surface area contributed by atoms with Gasteiger partial charge < -0.3 is 10.2 Å². The van der Waals surface area contributed by atoms with Crippen molar-refractivity contribution in [2.24, 2.45) is 0 Å². The molecule has 0 aliphatic rings. The first-order valence-electron chi connectivity index (χ1n) is 4.38. The second kappa shape index (κ2) is 5.21. The zero-order valence-electron chi connectivity index (χ0n) is 8.49. The fourth-order valence-corrected chi connectivity index (χ4v) is 1.81. The molecule has 0 aliphatic carbocycles. The van der Waals surface area contributed by atoms with Crippen molar-refractivity contribution < 1.29 is 33.4 Å². The van der Waals surface area contributed by atoms with Crippen LogP contribution in [0.4, 0.5) is 8.78 Å². The standard InChI is InChI=1S/C10H5BrF2O5/c11-3-1-4(7(14)10(17)18)6(9(15)16)5(2-3)8(12)13/h1-2,8H,(H,15,16)(H,17,18). The SMILES string of the molecule is O=C(O)C(=O)c1cc(Br)cc(C(F)F)c1C(=O)O. The molecule has 0 bridgehead atoms. The van der Waals surface area contributed by atoms with E-state index in [9.17, 15) is 23.2 Å². The molecule has 2 N–H and O–H groups in total. The highest BCUT2D eigenvalue weighted by Gasteiger charge is 2.28. The maximum absolute atomic E-state index is 12.7. The summed E-state index contributed by atoms with van der Waals surface area (Å²) in [6.07, 6.45) is -3.14. The summed E-state index contributed by atoms with van der Waals surface area (Å²) in [6, 6.07) is 1.71. The van der Waals surface area contributed by atoms with E-state index in [-0.39, 0.29) is 4.47 Å². The fraction of sp³-hybridized carbons (Fsp3) is 0.100. The second-order valence-electron chi connectivity index (χ2n) is 3.16. The third kappa shape index (κ3) is 2.70. The number of hydrogen-bond acceptors (Lipinski definition) is 3. The molecule has 1 aromatic carbocycles. The predicted octanol–water partition coefficient (Wildman–Crippen LogP) is 2.35. The lowest BCUT2D eigenvalue weighted by Gasteiger charge is -2.10. The van der Waals surface area contributed by atoms with Crippen molar-refractivity contribution in [2.45, 2.75) is 6.43 Å². The Labute approximate surface area is 107 Å². The molecule has 1 rings (SSSR count). The Balaban J connectivity index is 3.64. The largest absolute Gasteiger partial charge is 0.478 e. The van der Waals surface area contributed by atoms with Crippen molar-refractivity contribution in [2.75, 3.05) is 0 Å². The molecule has 8 heteroatoms. The molecule has 0 aromatic heterocycles. The highest BCUT2D eigenvalue weighted by molar-refractivity contribution is 9.10. The summed E-state index contributed by atoms with van der Waals surface area (Å²) in [6.45, 7) is 0. The molecular weight excluding hydrogens is 318 g/mol. The number of rotatable bonds is 4. The van der Waals surface area contributed by atoms with Gasteiger partial charge in [-0.3, -0.25) is 4.79 Å². The van der Waals surface area contributed by atoms with Crippen LogP contribution in [-0.2, 0) is 4.79 Å². The Hall–Kier alpha value is -1.83. The summed E-state index contributed by atoms with van der Waals surface area (Å²) in [7, 11) is 0. The summed E-state index contributed by atoms with van der Waals surface area (Å²) < 4.78 is 25.3. The van der Waals surface area contributed by atoms with Crippen LogP contribution in [0.2, 0.25) is 0 Å². The van der Waals surface area contributed by atoms with E-state index >= 15 is 0 Å². The van der Waals surface area contributed by atoms with Crippen molar-refractivity contribution in [1.82, 2.24) is 0 Å². The van der Waals surface area contributed by atoms with E-state index in [1.807, 2.05) is 0 Å². The first-order chi connectivity index (χ1) is 8.25. The molecule has 0 amide bonds. The van der Waals surface area contributed by atoms with Crippen molar-refractivity contribution in [1.29, 1.82) is 0 Å². The number of ketones is 1. The van der Waals surface area contributed by atoms with Crippen LogP contribution in [0.25, 0.3) is 0 Å². The van der Waals surface area contributed by atoms with Crippen LogP contribution in [0.3, 0.4) is 0 Å². The number of carboxylic acids is 2. The third-order valence-corrected chi connectivity index (χ3v) is 2.48. The van der Waals surface area contributed by atoms with E-state index in [0.717, 1.165) is 12.1 Å². The maximum atomic E-state index is 12.7. The lowest BCUT2D eigenvalue weighted by Crippen LogP contribution is -2.19. The average molecular weight is 323 g/mol. The molecule has 1 aromatic rings. The molecule has 0 saturated heterocycles. The summed E-state index contributed by atoms with van der Waals surface area (Å²) in [5.41, 5.74) is -2.71. The zero-order valence-corrected chi connectivity index (χ0v) is 10.1. The van der Waals surface area contributed by atoms with Gasteiger partial charge in [0.15, 0.2) is 0 Å². The molecule has 0 unspecified atom stereocenters. The first kappa shape index (κ1) is 14.2. The van der Waals surface area contributed by atoms with Gasteiger partial charge in [0.1, 0.15) is 0 Å². The number of carbonyl (C=O) groups excluding carboxylic acids is 1. The predicted molar refractivity (Wildman–Crippen MR) is 58.0 cm³/mol. The highest BCUT2D eigenvalue weighted by Crippen LogP contribution is 2.29. The Bertz CT molecular complexity index is 541. The lowest BCUT2D eigenvalue weighted by molar-refractivity contribution is -0.131. The van der Waals surface area contributed by atoms with Crippen LogP contribution in [0.5, 0.6) is 0 Å². The molecule has 0 spiro atoms. The Kier molecular flexibility index (Phi) is 4.12. The Morgan fingerprint density at radius 1 is 1.17 bits per heavy atom. The number of carbonyl (C=O) groups is 3. The van der Waals surface area contributed by atoms with Gasteiger partial charge in [-0.25, -0.2) is 18.4 Å². The van der Waals surface area contributed by atoms with Crippen LogP contribution in [-0.4, -0.2) is 27.9 Å². The average Bonchev–Trinajstić information content (AvgIpc) is 2.25. The number of benzene rings is 1. The van der Waals surface area contributed by atoms with Crippen LogP contribution in [0.15, 0.2) is 16.6 Å². The van der Waals surface area contributed by atoms with Gasteiger partial charge in [0.2, 0.25) is 0 Å². The van der Waals surface area contributed by atoms with Crippen LogP contribution in [0.1, 0.15) is 32.7 Å². The number of Topliss-reactive ketones (excluding diaryl/α,β-unsaturated/α-hetero) is 1. The molecule has 0 fully saturated rings. The summed E-state index contributed by atoms with van der Waals surface area (Å²) in [5.74, 6) is -5.27. The lowest BCUT2D eigenvalue weighted by atomic mass is 9.98. The molecule has 0 atom stereocenters. The fourth-order valence-electron chi connectivity index (χ4n) is 1.33. The van der Waals surface area contributed by atoms with E-state index in [0.29, 0.717) is 0 Å². The molecule has 0 aliphatic heterocycles. The normalized spacial score (nSPS) is 10.4. The zero-order chi connectivity index (χ0) is 14.0. The van der Waals surface area contributed by atoms with Gasteiger partial charge >= 0.3 is 11.9 Å². The monoisotopic (exact) mass is 322 g/mol. The van der Waals surface area contributed by atoms with Crippen LogP contribution in [0, 0.1) is 0 Å². The van der Waals surface area contributed by atoms with Gasteiger partial charge in [0, 0.05) is 15.6 Å². The molecule has 0 radical (unpaired) electrons. The number of carboxylic acid groups (broad SMARTS) is 2.